The van der Waals surface area contributed by atoms with Crippen molar-refractivity contribution in [2.24, 2.45) is 0 Å². The molecule has 2 aliphatic rings. The number of nitrogens with zero attached hydrogens (tertiary/aromatic N) is 1. The van der Waals surface area contributed by atoms with Gasteiger partial charge in [0.25, 0.3) is 0 Å². The highest BCUT2D eigenvalue weighted by Crippen LogP contribution is 2.44. The lowest BCUT2D eigenvalue weighted by atomic mass is 9.90. The summed E-state index contributed by atoms with van der Waals surface area (Å²) in [5, 5.41) is 2.15. The molecule has 0 radical (unpaired) electrons. The van der Waals surface area contributed by atoms with Crippen molar-refractivity contribution in [1.82, 2.24) is 0 Å². The summed E-state index contributed by atoms with van der Waals surface area (Å²) in [6, 6.07) is 29.2. The van der Waals surface area contributed by atoms with Crippen LogP contribution in [0.25, 0.3) is 22.0 Å². The summed E-state index contributed by atoms with van der Waals surface area (Å²) in [6.07, 6.45) is 3.65. The molecule has 0 fully saturated rings. The van der Waals surface area contributed by atoms with E-state index >= 15 is 0 Å². The average Bonchev–Trinajstić information content (AvgIpc) is 3.49. The first-order valence-electron chi connectivity index (χ1n) is 14.0. The summed E-state index contributed by atoms with van der Waals surface area (Å²) < 4.78 is 32.1. The van der Waals surface area contributed by atoms with E-state index in [9.17, 15) is 0 Å². The number of rotatable bonds is 8. The van der Waals surface area contributed by atoms with E-state index in [-0.39, 0.29) is 36.9 Å². The first kappa shape index (κ1) is 28.3. The lowest BCUT2D eigenvalue weighted by Gasteiger charge is -2.22. The Morgan fingerprint density at radius 2 is 1.50 bits per heavy atom. The van der Waals surface area contributed by atoms with E-state index in [1.807, 2.05) is 18.2 Å². The Morgan fingerprint density at radius 1 is 0.810 bits per heavy atom. The molecule has 7 heteroatoms. The molecule has 0 aliphatic carbocycles. The van der Waals surface area contributed by atoms with Crippen molar-refractivity contribution in [3.63, 3.8) is 0 Å². The quantitative estimate of drug-likeness (QED) is 0.187. The Morgan fingerprint density at radius 3 is 2.17 bits per heavy atom. The van der Waals surface area contributed by atoms with Gasteiger partial charge in [-0.1, -0.05) is 60.7 Å². The van der Waals surface area contributed by atoms with Crippen LogP contribution in [0.5, 0.6) is 23.0 Å². The standard InChI is InChI=1S/C35H32NO5.HI/c1-37-30-14-13-26-27(16-18-39-34(23-9-5-3-6-10-23)24-11-7-4-8-12-24)33-28-20-32-31(40-22-41-32)19-25(28)15-17-36(33)21-29(26)35(30)38-2;/h3-14,19-21,34H,15-18,22H2,1-2H3;1H/q+1;/p-1. The van der Waals surface area contributed by atoms with Crippen molar-refractivity contribution >= 4 is 10.8 Å². The van der Waals surface area contributed by atoms with Crippen LogP contribution in [-0.4, -0.2) is 27.6 Å². The SMILES string of the molecule is COc1ccc2c(CCOC(c3ccccc3)c3ccccc3)c3[n+](cc2c1OC)CCc1cc2c(cc1-3)OCO2.[I-]. The first-order valence-corrected chi connectivity index (χ1v) is 14.0. The molecule has 0 unspecified atom stereocenters. The maximum absolute atomic E-state index is 6.71. The monoisotopic (exact) mass is 673 g/mol. The van der Waals surface area contributed by atoms with Gasteiger partial charge in [0.15, 0.2) is 35.7 Å². The first-order chi connectivity index (χ1) is 20.2. The van der Waals surface area contributed by atoms with Crippen molar-refractivity contribution in [1.29, 1.82) is 0 Å². The third kappa shape index (κ3) is 5.05. The Kier molecular flexibility index (Phi) is 8.22. The molecule has 0 N–H and O–H groups in total. The molecule has 1 aromatic heterocycles. The molecule has 6 nitrogen and oxygen atoms in total. The lowest BCUT2D eigenvalue weighted by molar-refractivity contribution is -0.686. The number of pyridine rings is 1. The molecule has 42 heavy (non-hydrogen) atoms. The second-order valence-electron chi connectivity index (χ2n) is 10.3. The van der Waals surface area contributed by atoms with Gasteiger partial charge >= 0.3 is 0 Å². The molecule has 2 aliphatic heterocycles. The zero-order valence-corrected chi connectivity index (χ0v) is 25.8. The third-order valence-electron chi connectivity index (χ3n) is 8.08. The number of aryl methyl sites for hydroxylation is 2. The van der Waals surface area contributed by atoms with Gasteiger partial charge in [-0.3, -0.25) is 0 Å². The van der Waals surface area contributed by atoms with Crippen LogP contribution in [0.2, 0.25) is 0 Å². The molecule has 214 valence electrons. The number of hydrogen-bond donors (Lipinski definition) is 0. The lowest BCUT2D eigenvalue weighted by Crippen LogP contribution is -3.00. The van der Waals surface area contributed by atoms with E-state index in [4.69, 9.17) is 23.7 Å². The summed E-state index contributed by atoms with van der Waals surface area (Å²) in [6.45, 7) is 1.64. The van der Waals surface area contributed by atoms with E-state index in [1.54, 1.807) is 14.2 Å². The van der Waals surface area contributed by atoms with Gasteiger partial charge in [-0.25, -0.2) is 0 Å². The number of halogens is 1. The molecule has 0 bridgehead atoms. The summed E-state index contributed by atoms with van der Waals surface area (Å²) in [5.41, 5.74) is 7.11. The molecular formula is C35H32INO5. The maximum Gasteiger partial charge on any atom is 0.231 e. The minimum absolute atomic E-state index is 0. The normalized spacial score (nSPS) is 12.9. The molecule has 4 aromatic carbocycles. The minimum atomic E-state index is -0.161. The number of ether oxygens (including phenoxy) is 5. The van der Waals surface area contributed by atoms with Gasteiger partial charge < -0.3 is 47.7 Å². The number of methoxy groups -OCH3 is 2. The highest BCUT2D eigenvalue weighted by atomic mass is 127. The summed E-state index contributed by atoms with van der Waals surface area (Å²) in [4.78, 5) is 0. The van der Waals surface area contributed by atoms with Crippen LogP contribution in [0.3, 0.4) is 0 Å². The van der Waals surface area contributed by atoms with Gasteiger partial charge in [-0.2, -0.15) is 4.57 Å². The van der Waals surface area contributed by atoms with Gasteiger partial charge in [-0.15, -0.1) is 0 Å². The zero-order valence-electron chi connectivity index (χ0n) is 23.6. The molecule has 5 aromatic rings. The van der Waals surface area contributed by atoms with Gasteiger partial charge in [-0.05, 0) is 41.0 Å². The Labute approximate surface area is 262 Å². The van der Waals surface area contributed by atoms with Crippen LogP contribution in [0.4, 0.5) is 0 Å². The van der Waals surface area contributed by atoms with E-state index in [0.29, 0.717) is 13.0 Å². The van der Waals surface area contributed by atoms with Gasteiger partial charge in [0.1, 0.15) is 6.10 Å². The minimum Gasteiger partial charge on any atom is -1.00 e. The van der Waals surface area contributed by atoms with Crippen molar-refractivity contribution in [2.75, 3.05) is 27.6 Å². The van der Waals surface area contributed by atoms with Crippen LogP contribution < -0.4 is 47.5 Å². The topological polar surface area (TPSA) is 50.0 Å². The molecule has 0 amide bonds. The average molecular weight is 674 g/mol. The van der Waals surface area contributed by atoms with Crippen molar-refractivity contribution in [3.8, 4) is 34.3 Å². The molecule has 0 spiro atoms. The summed E-state index contributed by atoms with van der Waals surface area (Å²) in [7, 11) is 3.38. The van der Waals surface area contributed by atoms with Crippen LogP contribution in [-0.2, 0) is 24.1 Å². The Hall–Kier alpha value is -3.82. The number of benzene rings is 4. The number of fused-ring (bicyclic) bond motifs is 5. The van der Waals surface area contributed by atoms with Crippen molar-refractivity contribution < 1.29 is 52.2 Å². The Balaban J connectivity index is 0.00000316. The molecule has 0 saturated heterocycles. The van der Waals surface area contributed by atoms with Crippen LogP contribution >= 0.6 is 0 Å². The predicted molar refractivity (Wildman–Crippen MR) is 157 cm³/mol. The van der Waals surface area contributed by atoms with Gasteiger partial charge in [0, 0.05) is 23.8 Å². The van der Waals surface area contributed by atoms with Gasteiger partial charge in [0.05, 0.1) is 31.8 Å². The molecule has 3 heterocycles. The summed E-state index contributed by atoms with van der Waals surface area (Å²) >= 11 is 0. The predicted octanol–water partition coefficient (Wildman–Crippen LogP) is 3.45. The molecule has 7 rings (SSSR count). The maximum atomic E-state index is 6.71. The van der Waals surface area contributed by atoms with E-state index in [2.05, 4.69) is 77.5 Å². The van der Waals surface area contributed by atoms with Crippen LogP contribution in [0.1, 0.15) is 28.4 Å². The van der Waals surface area contributed by atoms with E-state index in [0.717, 1.165) is 57.9 Å². The largest absolute Gasteiger partial charge is 1.00 e. The fourth-order valence-corrected chi connectivity index (χ4v) is 6.18. The summed E-state index contributed by atoms with van der Waals surface area (Å²) in [5.74, 6) is 3.07. The van der Waals surface area contributed by atoms with E-state index < -0.39 is 0 Å². The fraction of sp³-hybridized carbons (Fsp3) is 0.229. The van der Waals surface area contributed by atoms with Gasteiger partial charge in [0.2, 0.25) is 12.5 Å². The third-order valence-corrected chi connectivity index (χ3v) is 8.08. The number of hydrogen-bond acceptors (Lipinski definition) is 5. The van der Waals surface area contributed by atoms with Crippen LogP contribution in [0.15, 0.2) is 91.1 Å². The second-order valence-corrected chi connectivity index (χ2v) is 10.3. The molecule has 0 atom stereocenters. The van der Waals surface area contributed by atoms with Crippen LogP contribution in [0, 0.1) is 0 Å². The van der Waals surface area contributed by atoms with Crippen molar-refractivity contribution in [2.45, 2.75) is 25.5 Å². The van der Waals surface area contributed by atoms with Crippen molar-refractivity contribution in [3.05, 3.63) is 113 Å². The highest BCUT2D eigenvalue weighted by Gasteiger charge is 2.32. The zero-order chi connectivity index (χ0) is 27.8. The molecular weight excluding hydrogens is 641 g/mol. The smallest absolute Gasteiger partial charge is 0.231 e. The Bertz CT molecular complexity index is 1690. The fourth-order valence-electron chi connectivity index (χ4n) is 6.18. The number of aromatic nitrogens is 1. The second kappa shape index (κ2) is 12.2. The highest BCUT2D eigenvalue weighted by molar-refractivity contribution is 5.95. The molecule has 0 saturated carbocycles. The van der Waals surface area contributed by atoms with E-state index in [1.165, 1.54) is 22.4 Å².